The van der Waals surface area contributed by atoms with Crippen molar-refractivity contribution in [2.75, 3.05) is 13.2 Å². The zero-order chi connectivity index (χ0) is 20.5. The molecule has 0 aliphatic heterocycles. The van der Waals surface area contributed by atoms with Crippen LogP contribution in [0.25, 0.3) is 0 Å². The van der Waals surface area contributed by atoms with E-state index in [1.807, 2.05) is 55.5 Å². The summed E-state index contributed by atoms with van der Waals surface area (Å²) in [6.07, 6.45) is -0.528. The van der Waals surface area contributed by atoms with E-state index in [9.17, 15) is 5.11 Å². The van der Waals surface area contributed by atoms with E-state index in [0.29, 0.717) is 26.3 Å². The maximum Gasteiger partial charge on any atom is 0.161 e. The van der Waals surface area contributed by atoms with Gasteiger partial charge in [-0.1, -0.05) is 66.2 Å². The van der Waals surface area contributed by atoms with Gasteiger partial charge >= 0.3 is 0 Å². The molecule has 0 bridgehead atoms. The number of nitrogens with one attached hydrogen (secondary N) is 1. The van der Waals surface area contributed by atoms with Gasteiger partial charge in [0.2, 0.25) is 0 Å². The normalized spacial score (nSPS) is 11.4. The van der Waals surface area contributed by atoms with E-state index in [2.05, 4.69) is 36.5 Å². The lowest BCUT2D eigenvalue weighted by Gasteiger charge is -2.15. The van der Waals surface area contributed by atoms with Crippen molar-refractivity contribution < 1.29 is 14.6 Å². The minimum Gasteiger partial charge on any atom is -0.490 e. The summed E-state index contributed by atoms with van der Waals surface area (Å²) in [7, 11) is 0. The van der Waals surface area contributed by atoms with Gasteiger partial charge in [0.25, 0.3) is 0 Å². The summed E-state index contributed by atoms with van der Waals surface area (Å²) < 4.78 is 11.8. The Morgan fingerprint density at radius 1 is 0.867 bits per heavy atom. The summed E-state index contributed by atoms with van der Waals surface area (Å²) >= 11 is 0. The van der Waals surface area contributed by atoms with Gasteiger partial charge in [-0.05, 0) is 42.7 Å². The molecule has 30 heavy (non-hydrogen) atoms. The predicted octanol–water partition coefficient (Wildman–Crippen LogP) is 5.22. The lowest BCUT2D eigenvalue weighted by Crippen LogP contribution is -2.21. The number of ether oxygens (including phenoxy) is 2. The Bertz CT molecular complexity index is 885. The first kappa shape index (κ1) is 23.7. The molecule has 0 radical (unpaired) electrons. The Kier molecular flexibility index (Phi) is 9.68. The number of hydrogen-bond donors (Lipinski definition) is 2. The van der Waals surface area contributed by atoms with Crippen LogP contribution in [-0.2, 0) is 13.2 Å². The van der Waals surface area contributed by atoms with Crippen LogP contribution in [0.4, 0.5) is 0 Å². The van der Waals surface area contributed by atoms with Crippen LogP contribution in [0.3, 0.4) is 0 Å². The molecule has 0 aliphatic rings. The Labute approximate surface area is 185 Å². The third-order valence-electron chi connectivity index (χ3n) is 4.67. The van der Waals surface area contributed by atoms with Crippen molar-refractivity contribution in [1.82, 2.24) is 5.32 Å². The van der Waals surface area contributed by atoms with Crippen molar-refractivity contribution >= 4 is 12.4 Å². The van der Waals surface area contributed by atoms with E-state index >= 15 is 0 Å². The number of aliphatic hydroxyl groups is 1. The third-order valence-corrected chi connectivity index (χ3v) is 4.67. The highest BCUT2D eigenvalue weighted by Crippen LogP contribution is 2.29. The fourth-order valence-corrected chi connectivity index (χ4v) is 3.04. The lowest BCUT2D eigenvalue weighted by molar-refractivity contribution is 0.174. The Hall–Kier alpha value is -2.53. The summed E-state index contributed by atoms with van der Waals surface area (Å²) in [6, 6.07) is 24.0. The molecule has 0 saturated carbocycles. The Balaban J connectivity index is 0.00000320. The van der Waals surface area contributed by atoms with Crippen LogP contribution >= 0.6 is 12.4 Å². The van der Waals surface area contributed by atoms with Gasteiger partial charge in [-0.25, -0.2) is 0 Å². The fourth-order valence-electron chi connectivity index (χ4n) is 3.04. The van der Waals surface area contributed by atoms with Crippen molar-refractivity contribution in [3.63, 3.8) is 0 Å². The molecule has 3 aromatic carbocycles. The van der Waals surface area contributed by atoms with E-state index in [4.69, 9.17) is 9.47 Å². The second-order valence-electron chi connectivity index (χ2n) is 7.05. The maximum atomic E-state index is 10.3. The molecule has 0 amide bonds. The van der Waals surface area contributed by atoms with E-state index in [0.717, 1.165) is 28.2 Å². The van der Waals surface area contributed by atoms with Crippen LogP contribution in [0.2, 0.25) is 0 Å². The van der Waals surface area contributed by atoms with E-state index in [-0.39, 0.29) is 12.4 Å². The van der Waals surface area contributed by atoms with Gasteiger partial charge in [0.15, 0.2) is 11.5 Å². The molecule has 4 nitrogen and oxygen atoms in total. The molecule has 3 rings (SSSR count). The van der Waals surface area contributed by atoms with Gasteiger partial charge in [0.1, 0.15) is 6.61 Å². The number of aliphatic hydroxyl groups excluding tert-OH is 1. The minimum atomic E-state index is -0.528. The molecule has 0 saturated heterocycles. The van der Waals surface area contributed by atoms with E-state index in [1.54, 1.807) is 0 Å². The molecule has 160 valence electrons. The minimum absolute atomic E-state index is 0. The standard InChI is InChI=1S/C25H29NO3.ClH/c1-3-28-25-15-21(16-26-17-23(27)22-7-5-4-6-8-22)13-14-24(25)29-18-20-11-9-19(2)10-12-20;/h4-15,23,26-27H,3,16-18H2,1-2H3;1H. The molecule has 0 spiro atoms. The molecular formula is C25H30ClNO3. The highest BCUT2D eigenvalue weighted by Gasteiger charge is 2.09. The molecule has 0 aliphatic carbocycles. The lowest BCUT2D eigenvalue weighted by atomic mass is 10.1. The van der Waals surface area contributed by atoms with Gasteiger partial charge in [-0.15, -0.1) is 12.4 Å². The summed E-state index contributed by atoms with van der Waals surface area (Å²) in [5.74, 6) is 1.48. The van der Waals surface area contributed by atoms with Crippen molar-refractivity contribution in [2.45, 2.75) is 33.1 Å². The summed E-state index contributed by atoms with van der Waals surface area (Å²) in [5, 5.41) is 13.6. The number of benzene rings is 3. The Morgan fingerprint density at radius 2 is 1.57 bits per heavy atom. The smallest absolute Gasteiger partial charge is 0.161 e. The van der Waals surface area contributed by atoms with E-state index in [1.165, 1.54) is 5.56 Å². The van der Waals surface area contributed by atoms with Crippen molar-refractivity contribution in [3.05, 3.63) is 95.1 Å². The first-order valence-electron chi connectivity index (χ1n) is 10.0. The molecule has 3 aromatic rings. The summed E-state index contributed by atoms with van der Waals surface area (Å²) in [6.45, 7) is 6.24. The zero-order valence-electron chi connectivity index (χ0n) is 17.5. The van der Waals surface area contributed by atoms with Gasteiger partial charge < -0.3 is 19.9 Å². The number of aryl methyl sites for hydroxylation is 1. The highest BCUT2D eigenvalue weighted by molar-refractivity contribution is 5.85. The predicted molar refractivity (Wildman–Crippen MR) is 123 cm³/mol. The molecular weight excluding hydrogens is 398 g/mol. The van der Waals surface area contributed by atoms with Crippen LogP contribution in [0.1, 0.15) is 35.3 Å². The van der Waals surface area contributed by atoms with Gasteiger partial charge in [0, 0.05) is 13.1 Å². The van der Waals surface area contributed by atoms with Crippen LogP contribution in [0, 0.1) is 6.92 Å². The third kappa shape index (κ3) is 7.06. The van der Waals surface area contributed by atoms with Crippen molar-refractivity contribution in [2.24, 2.45) is 0 Å². The van der Waals surface area contributed by atoms with Crippen molar-refractivity contribution in [1.29, 1.82) is 0 Å². The molecule has 0 heterocycles. The van der Waals surface area contributed by atoms with Crippen molar-refractivity contribution in [3.8, 4) is 11.5 Å². The number of halogens is 1. The average molecular weight is 428 g/mol. The van der Waals surface area contributed by atoms with Crippen LogP contribution in [-0.4, -0.2) is 18.3 Å². The molecule has 2 N–H and O–H groups in total. The van der Waals surface area contributed by atoms with Crippen LogP contribution in [0.15, 0.2) is 72.8 Å². The largest absolute Gasteiger partial charge is 0.490 e. The molecule has 5 heteroatoms. The zero-order valence-corrected chi connectivity index (χ0v) is 18.3. The fraction of sp³-hybridized carbons (Fsp3) is 0.280. The quantitative estimate of drug-likeness (QED) is 0.466. The molecule has 1 atom stereocenters. The van der Waals surface area contributed by atoms with Gasteiger partial charge in [-0.2, -0.15) is 0 Å². The molecule has 1 unspecified atom stereocenters. The average Bonchev–Trinajstić information content (AvgIpc) is 2.75. The second kappa shape index (κ2) is 12.2. The first-order chi connectivity index (χ1) is 14.2. The monoisotopic (exact) mass is 427 g/mol. The van der Waals surface area contributed by atoms with Gasteiger partial charge in [0.05, 0.1) is 12.7 Å². The topological polar surface area (TPSA) is 50.7 Å². The maximum absolute atomic E-state index is 10.3. The first-order valence-corrected chi connectivity index (χ1v) is 10.0. The second-order valence-corrected chi connectivity index (χ2v) is 7.05. The summed E-state index contributed by atoms with van der Waals surface area (Å²) in [5.41, 5.74) is 4.35. The highest BCUT2D eigenvalue weighted by atomic mass is 35.5. The SMILES string of the molecule is CCOc1cc(CNCC(O)c2ccccc2)ccc1OCc1ccc(C)cc1.Cl. The van der Waals surface area contributed by atoms with Crippen LogP contribution in [0.5, 0.6) is 11.5 Å². The molecule has 0 aromatic heterocycles. The van der Waals surface area contributed by atoms with E-state index < -0.39 is 6.10 Å². The van der Waals surface area contributed by atoms with Crippen LogP contribution < -0.4 is 14.8 Å². The molecule has 0 fully saturated rings. The number of hydrogen-bond acceptors (Lipinski definition) is 4. The van der Waals surface area contributed by atoms with Gasteiger partial charge in [-0.3, -0.25) is 0 Å². The summed E-state index contributed by atoms with van der Waals surface area (Å²) in [4.78, 5) is 0. The Morgan fingerprint density at radius 3 is 2.27 bits per heavy atom. The number of rotatable bonds is 10.